The van der Waals surface area contributed by atoms with Crippen molar-refractivity contribution in [2.45, 2.75) is 20.1 Å². The predicted octanol–water partition coefficient (Wildman–Crippen LogP) is 1.52. The number of hydrogen-bond donors (Lipinski definition) is 0. The monoisotopic (exact) mass is 216 g/mol. The van der Waals surface area contributed by atoms with Crippen LogP contribution in [-0.4, -0.2) is 23.4 Å². The maximum absolute atomic E-state index is 13.3. The Morgan fingerprint density at radius 3 is 2.81 bits per heavy atom. The minimum Gasteiger partial charge on any atom is -0.293 e. The van der Waals surface area contributed by atoms with Crippen molar-refractivity contribution in [3.8, 4) is 0 Å². The van der Waals surface area contributed by atoms with E-state index in [2.05, 4.69) is 5.10 Å². The van der Waals surface area contributed by atoms with Crippen LogP contribution in [0.25, 0.3) is 10.9 Å². The van der Waals surface area contributed by atoms with Crippen LogP contribution in [0.5, 0.6) is 0 Å². The lowest BCUT2D eigenvalue weighted by Crippen LogP contribution is -2.05. The van der Waals surface area contributed by atoms with Crippen molar-refractivity contribution < 1.29 is 9.18 Å². The topological polar surface area (TPSA) is 34.9 Å². The van der Waals surface area contributed by atoms with Crippen molar-refractivity contribution in [2.75, 3.05) is 0 Å². The van der Waals surface area contributed by atoms with Gasteiger partial charge in [0.2, 0.25) is 0 Å². The zero-order valence-electron chi connectivity index (χ0n) is 9.07. The van der Waals surface area contributed by atoms with E-state index in [0.717, 1.165) is 0 Å². The lowest BCUT2D eigenvalue weighted by atomic mass is 9.95. The fourth-order valence-electron chi connectivity index (χ4n) is 1.69. The number of benzene rings is 1. The van der Waals surface area contributed by atoms with E-state index in [9.17, 15) is 9.18 Å². The summed E-state index contributed by atoms with van der Waals surface area (Å²) in [5.41, 5.74) is 1.34. The minimum absolute atomic E-state index is 0.186. The molecule has 0 aliphatic carbocycles. The second kappa shape index (κ2) is 3.74. The average molecular weight is 216 g/mol. The molecule has 1 aromatic heterocycles. The van der Waals surface area contributed by atoms with Crippen LogP contribution in [0, 0.1) is 0 Å². The molecule has 1 aromatic carbocycles. The van der Waals surface area contributed by atoms with Gasteiger partial charge in [0.05, 0.1) is 5.52 Å². The molecule has 2 radical (unpaired) electrons. The number of aromatic nitrogens is 2. The van der Waals surface area contributed by atoms with Crippen LogP contribution in [0.2, 0.25) is 0 Å². The number of hydrogen-bond acceptors (Lipinski definition) is 2. The normalized spacial score (nSPS) is 12.9. The molecule has 1 heterocycles. The van der Waals surface area contributed by atoms with E-state index in [1.807, 2.05) is 0 Å². The summed E-state index contributed by atoms with van der Waals surface area (Å²) in [5.74, 6) is -0.186. The number of rotatable bonds is 2. The molecule has 5 heteroatoms. The third-order valence-corrected chi connectivity index (χ3v) is 2.40. The summed E-state index contributed by atoms with van der Waals surface area (Å²) in [7, 11) is 5.63. The summed E-state index contributed by atoms with van der Waals surface area (Å²) < 4.78 is 14.5. The van der Waals surface area contributed by atoms with E-state index in [0.29, 0.717) is 16.4 Å². The van der Waals surface area contributed by atoms with Crippen molar-refractivity contribution >= 4 is 30.0 Å². The van der Waals surface area contributed by atoms with Gasteiger partial charge >= 0.3 is 0 Å². The molecule has 0 bridgehead atoms. The van der Waals surface area contributed by atoms with Crippen LogP contribution < -0.4 is 5.46 Å². The van der Waals surface area contributed by atoms with Gasteiger partial charge in [-0.25, -0.2) is 9.07 Å². The Kier molecular flexibility index (Phi) is 2.54. The van der Waals surface area contributed by atoms with Crippen LogP contribution in [0.1, 0.15) is 30.6 Å². The number of carbonyl (C=O) groups is 1. The number of alkyl halides is 1. The largest absolute Gasteiger partial charge is 0.293 e. The van der Waals surface area contributed by atoms with Gasteiger partial charge in [-0.15, -0.1) is 0 Å². The molecule has 0 N–H and O–H groups in total. The summed E-state index contributed by atoms with van der Waals surface area (Å²) in [6.45, 7) is 2.77. The molecule has 3 nitrogen and oxygen atoms in total. The SMILES string of the molecule is [B]c1ccc2c(C(C)=O)nn(C(C)F)c2c1. The Labute approximate surface area is 93.7 Å². The fourth-order valence-corrected chi connectivity index (χ4v) is 1.69. The van der Waals surface area contributed by atoms with Gasteiger partial charge in [-0.2, -0.15) is 5.10 Å². The van der Waals surface area contributed by atoms with Crippen molar-refractivity contribution in [3.05, 3.63) is 23.9 Å². The fraction of sp³-hybridized carbons (Fsp3) is 0.273. The van der Waals surface area contributed by atoms with Gasteiger partial charge in [-0.3, -0.25) is 4.79 Å². The molecular weight excluding hydrogens is 206 g/mol. The second-order valence-corrected chi connectivity index (χ2v) is 3.70. The predicted molar refractivity (Wildman–Crippen MR) is 60.9 cm³/mol. The molecule has 16 heavy (non-hydrogen) atoms. The maximum atomic E-state index is 13.3. The molecular formula is C11H10BFN2O. The first-order valence-electron chi connectivity index (χ1n) is 4.93. The summed E-state index contributed by atoms with van der Waals surface area (Å²) in [5, 5.41) is 4.60. The Morgan fingerprint density at radius 2 is 2.25 bits per heavy atom. The van der Waals surface area contributed by atoms with E-state index >= 15 is 0 Å². The third kappa shape index (κ3) is 1.62. The van der Waals surface area contributed by atoms with E-state index in [1.54, 1.807) is 18.2 Å². The number of halogens is 1. The second-order valence-electron chi connectivity index (χ2n) is 3.70. The van der Waals surface area contributed by atoms with Crippen LogP contribution >= 0.6 is 0 Å². The standard InChI is InChI=1S/C11H10BFN2O/c1-6(16)11-9-4-3-8(12)5-10(9)15(14-11)7(2)13/h3-5,7H,1-2H3. The number of Topliss-reactive ketones (excluding diaryl/α,β-unsaturated/α-hetero) is 1. The first-order valence-corrected chi connectivity index (χ1v) is 4.93. The van der Waals surface area contributed by atoms with Crippen LogP contribution in [0.15, 0.2) is 18.2 Å². The summed E-state index contributed by atoms with van der Waals surface area (Å²) in [6.07, 6.45) is -1.29. The van der Waals surface area contributed by atoms with Crippen LogP contribution in [0.3, 0.4) is 0 Å². The quantitative estimate of drug-likeness (QED) is 0.563. The third-order valence-electron chi connectivity index (χ3n) is 2.40. The van der Waals surface area contributed by atoms with Crippen LogP contribution in [0.4, 0.5) is 4.39 Å². The van der Waals surface area contributed by atoms with Crippen molar-refractivity contribution in [1.82, 2.24) is 9.78 Å². The van der Waals surface area contributed by atoms with Gasteiger partial charge in [0, 0.05) is 12.3 Å². The number of nitrogens with zero attached hydrogens (tertiary/aromatic N) is 2. The highest BCUT2D eigenvalue weighted by Crippen LogP contribution is 2.21. The number of ketones is 1. The highest BCUT2D eigenvalue weighted by molar-refractivity contribution is 6.33. The van der Waals surface area contributed by atoms with E-state index in [4.69, 9.17) is 7.85 Å². The number of carbonyl (C=O) groups excluding carboxylic acids is 1. The molecule has 0 fully saturated rings. The van der Waals surface area contributed by atoms with Crippen molar-refractivity contribution in [2.24, 2.45) is 0 Å². The van der Waals surface area contributed by atoms with Crippen LogP contribution in [-0.2, 0) is 0 Å². The molecule has 0 aliphatic rings. The molecule has 1 atom stereocenters. The molecule has 0 saturated heterocycles. The van der Waals surface area contributed by atoms with Gasteiger partial charge in [0.25, 0.3) is 0 Å². The Morgan fingerprint density at radius 1 is 1.56 bits per heavy atom. The Bertz CT molecular complexity index is 562. The van der Waals surface area contributed by atoms with E-state index < -0.39 is 6.30 Å². The zero-order valence-corrected chi connectivity index (χ0v) is 9.07. The molecule has 0 spiro atoms. The number of fused-ring (bicyclic) bond motifs is 1. The molecule has 0 amide bonds. The van der Waals surface area contributed by atoms with Gasteiger partial charge in [0.1, 0.15) is 13.5 Å². The Balaban J connectivity index is 2.81. The van der Waals surface area contributed by atoms with E-state index in [1.165, 1.54) is 18.5 Å². The Hall–Kier alpha value is -1.65. The smallest absolute Gasteiger partial charge is 0.189 e. The lowest BCUT2D eigenvalue weighted by molar-refractivity contribution is 0.101. The summed E-state index contributed by atoms with van der Waals surface area (Å²) >= 11 is 0. The minimum atomic E-state index is -1.29. The lowest BCUT2D eigenvalue weighted by Gasteiger charge is -2.03. The van der Waals surface area contributed by atoms with Gasteiger partial charge in [-0.05, 0) is 13.0 Å². The van der Waals surface area contributed by atoms with Gasteiger partial charge in [-0.1, -0.05) is 17.6 Å². The zero-order chi connectivity index (χ0) is 11.9. The molecule has 2 rings (SSSR count). The van der Waals surface area contributed by atoms with Gasteiger partial charge in [0.15, 0.2) is 12.1 Å². The molecule has 0 aliphatic heterocycles. The highest BCUT2D eigenvalue weighted by Gasteiger charge is 2.16. The van der Waals surface area contributed by atoms with Gasteiger partial charge < -0.3 is 0 Å². The summed E-state index contributed by atoms with van der Waals surface area (Å²) in [4.78, 5) is 11.4. The first-order chi connectivity index (χ1) is 7.50. The molecule has 1 unspecified atom stereocenters. The highest BCUT2D eigenvalue weighted by atomic mass is 19.1. The maximum Gasteiger partial charge on any atom is 0.189 e. The molecule has 2 aromatic rings. The van der Waals surface area contributed by atoms with Crippen molar-refractivity contribution in [3.63, 3.8) is 0 Å². The van der Waals surface area contributed by atoms with Crippen molar-refractivity contribution in [1.29, 1.82) is 0 Å². The average Bonchev–Trinajstić information content (AvgIpc) is 2.56. The molecule has 0 saturated carbocycles. The van der Waals surface area contributed by atoms with E-state index in [-0.39, 0.29) is 11.5 Å². The first kappa shape index (κ1) is 10.9. The summed E-state index contributed by atoms with van der Waals surface area (Å²) in [6, 6.07) is 4.97. The molecule has 80 valence electrons.